The molecule has 0 heterocycles. The molecule has 1 amide bonds. The highest BCUT2D eigenvalue weighted by Crippen LogP contribution is 2.23. The maximum atomic E-state index is 11.9. The zero-order chi connectivity index (χ0) is 14.8. The number of nitrogens with one attached hydrogen (secondary N) is 1. The second-order valence-electron chi connectivity index (χ2n) is 5.74. The fraction of sp³-hybridized carbons (Fsp3) is 0.312. The van der Waals surface area contributed by atoms with Gasteiger partial charge in [-0.05, 0) is 55.3 Å². The first-order valence-electron chi connectivity index (χ1n) is 6.61. The predicted molar refractivity (Wildman–Crippen MR) is 87.8 cm³/mol. The molecule has 0 radical (unpaired) electrons. The molecule has 0 saturated carbocycles. The van der Waals surface area contributed by atoms with Crippen LogP contribution in [0.5, 0.6) is 0 Å². The van der Waals surface area contributed by atoms with Gasteiger partial charge in [0.15, 0.2) is 0 Å². The van der Waals surface area contributed by atoms with Crippen LogP contribution in [0, 0.1) is 0 Å². The van der Waals surface area contributed by atoms with E-state index >= 15 is 0 Å². The predicted octanol–water partition coefficient (Wildman–Crippen LogP) is 4.06. The van der Waals surface area contributed by atoms with Gasteiger partial charge in [-0.1, -0.05) is 28.1 Å². The Morgan fingerprint density at radius 3 is 2.55 bits per heavy atom. The van der Waals surface area contributed by atoms with Gasteiger partial charge >= 0.3 is 0 Å². The van der Waals surface area contributed by atoms with Gasteiger partial charge in [-0.25, -0.2) is 0 Å². The zero-order valence-corrected chi connectivity index (χ0v) is 13.3. The van der Waals surface area contributed by atoms with E-state index in [4.69, 9.17) is 5.73 Å². The molecule has 0 unspecified atom stereocenters. The van der Waals surface area contributed by atoms with E-state index in [1.54, 1.807) is 0 Å². The number of amides is 1. The Morgan fingerprint density at radius 1 is 1.20 bits per heavy atom. The number of anilines is 1. The van der Waals surface area contributed by atoms with E-state index in [1.165, 1.54) is 0 Å². The van der Waals surface area contributed by atoms with Crippen LogP contribution in [0.4, 0.5) is 5.69 Å². The van der Waals surface area contributed by atoms with E-state index in [1.807, 2.05) is 44.2 Å². The van der Waals surface area contributed by atoms with E-state index in [2.05, 4.69) is 27.3 Å². The minimum absolute atomic E-state index is 0.0000123. The molecule has 0 atom stereocenters. The van der Waals surface area contributed by atoms with E-state index in [9.17, 15) is 4.79 Å². The van der Waals surface area contributed by atoms with Crippen LogP contribution in [0.3, 0.4) is 0 Å². The highest BCUT2D eigenvalue weighted by atomic mass is 79.9. The molecule has 0 fully saturated rings. The number of fused-ring (bicyclic) bond motifs is 1. The lowest BCUT2D eigenvalue weighted by Gasteiger charge is -2.17. The summed E-state index contributed by atoms with van der Waals surface area (Å²) in [5.74, 6) is -0.0000123. The van der Waals surface area contributed by atoms with Crippen LogP contribution in [-0.4, -0.2) is 11.4 Å². The van der Waals surface area contributed by atoms with Crippen molar-refractivity contribution in [3.05, 3.63) is 40.9 Å². The molecule has 0 aliphatic rings. The van der Waals surface area contributed by atoms with E-state index < -0.39 is 0 Å². The molecule has 2 aromatic rings. The minimum atomic E-state index is -0.312. The van der Waals surface area contributed by atoms with Crippen molar-refractivity contribution in [2.75, 3.05) is 5.32 Å². The summed E-state index contributed by atoms with van der Waals surface area (Å²) >= 11 is 3.45. The number of hydrogen-bond acceptors (Lipinski definition) is 2. The molecule has 0 aliphatic heterocycles. The molecule has 0 bridgehead atoms. The van der Waals surface area contributed by atoms with Gasteiger partial charge in [0, 0.05) is 22.1 Å². The first-order chi connectivity index (χ1) is 9.33. The highest BCUT2D eigenvalue weighted by Gasteiger charge is 2.13. The average molecular weight is 335 g/mol. The fourth-order valence-electron chi connectivity index (χ4n) is 1.95. The van der Waals surface area contributed by atoms with Gasteiger partial charge < -0.3 is 11.1 Å². The number of benzene rings is 2. The van der Waals surface area contributed by atoms with E-state index in [0.717, 1.165) is 20.9 Å². The monoisotopic (exact) mass is 334 g/mol. The molecule has 0 saturated heterocycles. The summed E-state index contributed by atoms with van der Waals surface area (Å²) in [5, 5.41) is 5.16. The van der Waals surface area contributed by atoms with Crippen LogP contribution in [0.2, 0.25) is 0 Å². The van der Waals surface area contributed by atoms with Gasteiger partial charge in [0.25, 0.3) is 0 Å². The normalized spacial score (nSPS) is 11.6. The molecular formula is C16H19BrN2O. The van der Waals surface area contributed by atoms with Crippen molar-refractivity contribution in [1.82, 2.24) is 0 Å². The molecule has 0 aromatic heterocycles. The molecule has 106 valence electrons. The van der Waals surface area contributed by atoms with Crippen molar-refractivity contribution in [1.29, 1.82) is 0 Å². The van der Waals surface area contributed by atoms with Crippen LogP contribution in [0.1, 0.15) is 26.7 Å². The Bertz CT molecular complexity index is 632. The van der Waals surface area contributed by atoms with Crippen molar-refractivity contribution in [2.45, 2.75) is 32.2 Å². The topological polar surface area (TPSA) is 55.1 Å². The van der Waals surface area contributed by atoms with Gasteiger partial charge in [-0.3, -0.25) is 4.79 Å². The number of halogens is 1. The van der Waals surface area contributed by atoms with Gasteiger partial charge in [0.1, 0.15) is 0 Å². The van der Waals surface area contributed by atoms with Crippen LogP contribution < -0.4 is 11.1 Å². The van der Waals surface area contributed by atoms with E-state index in [-0.39, 0.29) is 11.4 Å². The second kappa shape index (κ2) is 5.94. The lowest BCUT2D eigenvalue weighted by molar-refractivity contribution is -0.116. The standard InChI is InChI=1S/C16H19BrN2O/c1-16(2,18)8-7-15(20)19-14-6-4-11-9-13(17)5-3-12(11)10-14/h3-6,9-10H,7-8,18H2,1-2H3,(H,19,20). The lowest BCUT2D eigenvalue weighted by Crippen LogP contribution is -2.33. The quantitative estimate of drug-likeness (QED) is 0.885. The first-order valence-corrected chi connectivity index (χ1v) is 7.41. The smallest absolute Gasteiger partial charge is 0.224 e. The third kappa shape index (κ3) is 4.32. The lowest BCUT2D eigenvalue weighted by atomic mass is 10.00. The first kappa shape index (κ1) is 15.0. The Balaban J connectivity index is 2.06. The van der Waals surface area contributed by atoms with Crippen LogP contribution >= 0.6 is 15.9 Å². The van der Waals surface area contributed by atoms with Gasteiger partial charge in [0.05, 0.1) is 0 Å². The molecule has 0 aliphatic carbocycles. The van der Waals surface area contributed by atoms with Crippen molar-refractivity contribution in [3.63, 3.8) is 0 Å². The number of hydrogen-bond donors (Lipinski definition) is 2. The molecular weight excluding hydrogens is 316 g/mol. The maximum Gasteiger partial charge on any atom is 0.224 e. The van der Waals surface area contributed by atoms with Gasteiger partial charge in [0.2, 0.25) is 5.91 Å². The molecule has 20 heavy (non-hydrogen) atoms. The molecule has 3 nitrogen and oxygen atoms in total. The van der Waals surface area contributed by atoms with Crippen molar-refractivity contribution in [2.24, 2.45) is 5.73 Å². The summed E-state index contributed by atoms with van der Waals surface area (Å²) < 4.78 is 1.05. The number of carbonyl (C=O) groups is 1. The van der Waals surface area contributed by atoms with Gasteiger partial charge in [-0.2, -0.15) is 0 Å². The van der Waals surface area contributed by atoms with Crippen LogP contribution in [-0.2, 0) is 4.79 Å². The summed E-state index contributed by atoms with van der Waals surface area (Å²) in [6.07, 6.45) is 1.10. The third-order valence-electron chi connectivity index (χ3n) is 3.08. The largest absolute Gasteiger partial charge is 0.326 e. The zero-order valence-electron chi connectivity index (χ0n) is 11.7. The van der Waals surface area contributed by atoms with Gasteiger partial charge in [-0.15, -0.1) is 0 Å². The summed E-state index contributed by atoms with van der Waals surface area (Å²) in [4.78, 5) is 11.9. The minimum Gasteiger partial charge on any atom is -0.326 e. The summed E-state index contributed by atoms with van der Waals surface area (Å²) in [5.41, 5.74) is 6.39. The van der Waals surface area contributed by atoms with Crippen molar-refractivity contribution >= 4 is 38.3 Å². The number of nitrogens with two attached hydrogens (primary N) is 1. The Hall–Kier alpha value is -1.39. The Labute approximate surface area is 127 Å². The second-order valence-corrected chi connectivity index (χ2v) is 6.66. The Kier molecular flexibility index (Phi) is 4.45. The number of rotatable bonds is 4. The highest BCUT2D eigenvalue weighted by molar-refractivity contribution is 9.10. The van der Waals surface area contributed by atoms with Crippen LogP contribution in [0.15, 0.2) is 40.9 Å². The van der Waals surface area contributed by atoms with Crippen molar-refractivity contribution < 1.29 is 4.79 Å². The van der Waals surface area contributed by atoms with Crippen LogP contribution in [0.25, 0.3) is 10.8 Å². The molecule has 3 N–H and O–H groups in total. The third-order valence-corrected chi connectivity index (χ3v) is 3.58. The Morgan fingerprint density at radius 2 is 1.85 bits per heavy atom. The van der Waals surface area contributed by atoms with Crippen molar-refractivity contribution in [3.8, 4) is 0 Å². The summed E-state index contributed by atoms with van der Waals surface area (Å²) in [7, 11) is 0. The molecule has 2 rings (SSSR count). The maximum absolute atomic E-state index is 11.9. The summed E-state index contributed by atoms with van der Waals surface area (Å²) in [6, 6.07) is 12.0. The SMILES string of the molecule is CC(C)(N)CCC(=O)Nc1ccc2cc(Br)ccc2c1. The van der Waals surface area contributed by atoms with E-state index in [0.29, 0.717) is 12.8 Å². The molecule has 0 spiro atoms. The average Bonchev–Trinajstić information content (AvgIpc) is 2.36. The molecule has 4 heteroatoms. The summed E-state index contributed by atoms with van der Waals surface area (Å²) in [6.45, 7) is 3.85. The number of carbonyl (C=O) groups excluding carboxylic acids is 1. The fourth-order valence-corrected chi connectivity index (χ4v) is 2.33. The molecule has 2 aromatic carbocycles.